The molecule has 0 heterocycles. The van der Waals surface area contributed by atoms with Crippen LogP contribution in [0.25, 0.3) is 0 Å². The van der Waals surface area contributed by atoms with Crippen LogP contribution in [0.2, 0.25) is 0 Å². The Bertz CT molecular complexity index is 235. The summed E-state index contributed by atoms with van der Waals surface area (Å²) in [6.07, 6.45) is 0. The summed E-state index contributed by atoms with van der Waals surface area (Å²) in [5.74, 6) is -4.38. The van der Waals surface area contributed by atoms with Crippen LogP contribution in [-0.4, -0.2) is 46.6 Å². The van der Waals surface area contributed by atoms with E-state index < -0.39 is 19.8 Å². The predicted octanol–water partition coefficient (Wildman–Crippen LogP) is -0.124. The van der Waals surface area contributed by atoms with Crippen LogP contribution < -0.4 is 0 Å². The van der Waals surface area contributed by atoms with E-state index in [-0.39, 0.29) is 29.6 Å². The molecule has 0 aromatic carbocycles. The van der Waals surface area contributed by atoms with E-state index in [0.29, 0.717) is 0 Å². The molecule has 0 radical (unpaired) electrons. The quantitative estimate of drug-likeness (QED) is 0.409. The van der Waals surface area contributed by atoms with Crippen LogP contribution >= 0.6 is 7.82 Å². The third kappa shape index (κ3) is 5.29. The molecule has 0 aliphatic carbocycles. The number of rotatable bonds is 3. The molecule has 0 rings (SSSR count). The molecule has 0 bridgehead atoms. The Morgan fingerprint density at radius 1 is 1.23 bits per heavy atom. The van der Waals surface area contributed by atoms with Crippen molar-refractivity contribution >= 4 is 49.3 Å². The van der Waals surface area contributed by atoms with Crippen molar-refractivity contribution in [2.75, 3.05) is 0 Å². The number of carboxylic acid groups (broad SMARTS) is 1. The molecule has 0 aliphatic heterocycles. The zero-order valence-corrected chi connectivity index (χ0v) is 5.99. The number of phosphoric acid groups is 1. The molecule has 72 valence electrons. The second-order valence-electron chi connectivity index (χ2n) is 1.27. The SMILES string of the molecule is O=C(O)C(=O)OP(=O)(OF)OF.[NaH]. The van der Waals surface area contributed by atoms with Gasteiger partial charge < -0.3 is 9.63 Å². The molecule has 11 heteroatoms. The maximum atomic E-state index is 11.1. The molecule has 13 heavy (non-hydrogen) atoms. The van der Waals surface area contributed by atoms with Crippen LogP contribution in [0.1, 0.15) is 0 Å². The van der Waals surface area contributed by atoms with Crippen molar-refractivity contribution in [1.82, 2.24) is 0 Å². The Balaban J connectivity index is 0. The zero-order valence-electron chi connectivity index (χ0n) is 5.10. The summed E-state index contributed by atoms with van der Waals surface area (Å²) in [6, 6.07) is 0. The monoisotopic (exact) mass is 230 g/mol. The number of carbonyl (C=O) groups excluding carboxylic acids is 1. The fraction of sp³-hybridized carbons (Fsp3) is 0. The van der Waals surface area contributed by atoms with Crippen molar-refractivity contribution in [1.29, 1.82) is 0 Å². The van der Waals surface area contributed by atoms with Crippen LogP contribution in [0, 0.1) is 0 Å². The Hall–Kier alpha value is -0.0500. The molecular formula is C2H2F2NaO7P. The van der Waals surface area contributed by atoms with E-state index in [1.54, 1.807) is 0 Å². The van der Waals surface area contributed by atoms with Gasteiger partial charge in [-0.15, -0.1) is 0 Å². The van der Waals surface area contributed by atoms with Gasteiger partial charge in [-0.3, -0.25) is 0 Å². The van der Waals surface area contributed by atoms with Gasteiger partial charge in [0.05, 0.1) is 0 Å². The molecule has 0 aromatic heterocycles. The van der Waals surface area contributed by atoms with E-state index in [4.69, 9.17) is 5.11 Å². The van der Waals surface area contributed by atoms with E-state index in [0.717, 1.165) is 0 Å². The Kier molecular flexibility index (Phi) is 7.61. The summed E-state index contributed by atoms with van der Waals surface area (Å²) < 4.78 is 39.9. The first-order valence-corrected chi connectivity index (χ1v) is 3.59. The third-order valence-corrected chi connectivity index (χ3v) is 1.27. The summed E-state index contributed by atoms with van der Waals surface area (Å²) in [6.45, 7) is 0. The number of halogens is 2. The average Bonchev–Trinajstić information content (AvgIpc) is 2.04. The standard InChI is InChI=1S/C2HF2O7P.Na.H/c3-10-12(8,11-4)9-2(7)1(5)6;;/h(H,5,6);;. The van der Waals surface area contributed by atoms with Gasteiger partial charge in [0.15, 0.2) is 0 Å². The summed E-state index contributed by atoms with van der Waals surface area (Å²) in [7, 11) is -5.35. The van der Waals surface area contributed by atoms with Crippen LogP contribution in [0.3, 0.4) is 0 Å². The Morgan fingerprint density at radius 2 is 1.62 bits per heavy atom. The molecule has 0 aromatic rings. The van der Waals surface area contributed by atoms with Gasteiger partial charge in [-0.2, -0.15) is 0 Å². The van der Waals surface area contributed by atoms with Crippen LogP contribution in [-0.2, 0) is 28.1 Å². The van der Waals surface area contributed by atoms with E-state index >= 15 is 0 Å². The molecule has 0 fully saturated rings. The molecule has 1 N–H and O–H groups in total. The van der Waals surface area contributed by atoms with Gasteiger partial charge in [-0.05, 0) is 9.05 Å². The fourth-order valence-electron chi connectivity index (χ4n) is 0.179. The van der Waals surface area contributed by atoms with Gasteiger partial charge in [0.25, 0.3) is 0 Å². The number of carboxylic acids is 1. The van der Waals surface area contributed by atoms with Crippen molar-refractivity contribution in [3.63, 3.8) is 0 Å². The summed E-state index contributed by atoms with van der Waals surface area (Å²) >= 11 is 0. The molecule has 0 saturated carbocycles. The topological polar surface area (TPSA) is 99.1 Å². The molecule has 7 nitrogen and oxygen atoms in total. The second-order valence-corrected chi connectivity index (χ2v) is 2.62. The molecule has 0 saturated heterocycles. The Morgan fingerprint density at radius 3 is 1.85 bits per heavy atom. The number of aliphatic carboxylic acids is 1. The van der Waals surface area contributed by atoms with Crippen LogP contribution in [0.5, 0.6) is 0 Å². The van der Waals surface area contributed by atoms with Crippen LogP contribution in [0.4, 0.5) is 9.05 Å². The Labute approximate surface area is 91.7 Å². The van der Waals surface area contributed by atoms with E-state index in [1.165, 1.54) is 0 Å². The molecular weight excluding hydrogens is 228 g/mol. The van der Waals surface area contributed by atoms with Crippen molar-refractivity contribution in [2.24, 2.45) is 0 Å². The normalized spacial score (nSPS) is 10.0. The predicted molar refractivity (Wildman–Crippen MR) is 32.9 cm³/mol. The third-order valence-electron chi connectivity index (χ3n) is 0.538. The van der Waals surface area contributed by atoms with E-state index in [9.17, 15) is 23.2 Å². The minimum absolute atomic E-state index is 0. The first-order valence-electron chi connectivity index (χ1n) is 2.12. The number of carbonyl (C=O) groups is 2. The summed E-state index contributed by atoms with van der Waals surface area (Å²) in [5, 5.41) is 7.78. The maximum absolute atomic E-state index is 11.1. The molecule has 0 amide bonds. The first-order chi connectivity index (χ1) is 5.45. The molecule has 0 unspecified atom stereocenters. The van der Waals surface area contributed by atoms with Crippen molar-refractivity contribution in [3.05, 3.63) is 0 Å². The first kappa shape index (κ1) is 15.4. The van der Waals surface area contributed by atoms with Gasteiger partial charge in [-0.1, -0.05) is 9.46 Å². The summed E-state index contributed by atoms with van der Waals surface area (Å²) in [5.41, 5.74) is 0. The average molecular weight is 230 g/mol. The summed E-state index contributed by atoms with van der Waals surface area (Å²) in [4.78, 5) is 19.6. The minimum atomic E-state index is -5.35. The fourth-order valence-corrected chi connectivity index (χ4v) is 0.538. The second kappa shape index (κ2) is 6.41. The molecule has 0 atom stereocenters. The van der Waals surface area contributed by atoms with E-state index in [1.807, 2.05) is 0 Å². The van der Waals surface area contributed by atoms with Gasteiger partial charge in [0, 0.05) is 0 Å². The van der Waals surface area contributed by atoms with Crippen molar-refractivity contribution in [2.45, 2.75) is 0 Å². The number of hydrogen-bond donors (Lipinski definition) is 1. The zero-order chi connectivity index (χ0) is 9.78. The van der Waals surface area contributed by atoms with Crippen LogP contribution in [0.15, 0.2) is 0 Å². The van der Waals surface area contributed by atoms with Crippen molar-refractivity contribution in [3.8, 4) is 0 Å². The van der Waals surface area contributed by atoms with Gasteiger partial charge in [-0.25, -0.2) is 14.2 Å². The van der Waals surface area contributed by atoms with Gasteiger partial charge in [0.1, 0.15) is 0 Å². The van der Waals surface area contributed by atoms with Gasteiger partial charge >= 0.3 is 49.3 Å². The molecule has 0 spiro atoms. The number of hydrogen-bond acceptors (Lipinski definition) is 6. The molecule has 0 aliphatic rings. The van der Waals surface area contributed by atoms with Crippen molar-refractivity contribution < 1.29 is 42.3 Å². The van der Waals surface area contributed by atoms with E-state index in [2.05, 4.69) is 14.0 Å². The van der Waals surface area contributed by atoms with Gasteiger partial charge in [0.2, 0.25) is 0 Å².